The first-order valence-electron chi connectivity index (χ1n) is 58.4. The molecule has 0 amide bonds. The normalized spacial score (nSPS) is 12.7. The van der Waals surface area contributed by atoms with E-state index in [1.54, 1.807) is 19.6 Å². The molecule has 0 saturated heterocycles. The van der Waals surface area contributed by atoms with Gasteiger partial charge in [0, 0.05) is 39.0 Å². The summed E-state index contributed by atoms with van der Waals surface area (Å²) in [4.78, 5) is 6.43. The Balaban J connectivity index is 0.000000497. The fourth-order valence-electron chi connectivity index (χ4n) is 19.1. The summed E-state index contributed by atoms with van der Waals surface area (Å²) in [6, 6.07) is 28.1. The summed E-state index contributed by atoms with van der Waals surface area (Å²) in [7, 11) is 0. The number of benzene rings is 4. The van der Waals surface area contributed by atoms with Gasteiger partial charge in [0.05, 0.1) is 5.57 Å². The van der Waals surface area contributed by atoms with Crippen molar-refractivity contribution < 1.29 is 38.7 Å². The molecule has 0 unspecified atom stereocenters. The van der Waals surface area contributed by atoms with Gasteiger partial charge in [0.25, 0.3) is 0 Å². The maximum absolute atomic E-state index is 12.3. The van der Waals surface area contributed by atoms with Crippen molar-refractivity contribution >= 4 is 22.8 Å². The van der Waals surface area contributed by atoms with Crippen LogP contribution in [-0.4, -0.2) is 43.5 Å². The molecule has 6 rings (SSSR count). The summed E-state index contributed by atoms with van der Waals surface area (Å²) < 4.78 is 7.85. The van der Waals surface area contributed by atoms with E-state index in [9.17, 15) is 11.1 Å². The average Bonchev–Trinajstić information content (AvgIpc) is 1.63. The van der Waals surface area contributed by atoms with E-state index in [0.29, 0.717) is 0 Å². The van der Waals surface area contributed by atoms with Gasteiger partial charge in [0.1, 0.15) is 0 Å². The fourth-order valence-corrected chi connectivity index (χ4v) is 20.5. The number of hydrogen-bond donors (Lipinski definition) is 0. The molecule has 0 radical (unpaired) electrons. The van der Waals surface area contributed by atoms with Crippen LogP contribution < -0.4 is 0 Å². The minimum atomic E-state index is 0.915. The number of unbranched alkanes of at least 4 members (excludes halogenated alkanes) is 49. The molecule has 0 aliphatic carbocycles. The monoisotopic (exact) mass is 1950 g/mol. The first kappa shape index (κ1) is 125. The van der Waals surface area contributed by atoms with Gasteiger partial charge in [-0.25, -0.2) is 9.39 Å². The number of nitrogens with zero attached hydrogens (tertiary/aromatic N) is 6. The van der Waals surface area contributed by atoms with Crippen LogP contribution in [0.2, 0.25) is 0 Å². The van der Waals surface area contributed by atoms with Gasteiger partial charge < -0.3 is 11.1 Å². The standard InChI is InChI=1S/C40H60N2.C36H50N2.2C22H41.2C4H10N.2Ni/c1-7-13-19-31-25-32(20-14-8-2)28-35(27-31)39-37(23-17-11-5)38(24-18-12-6)40(42(39)41)36-29-33(21-15-9-3)26-34(30-36)22-16-10-4;1-7-12-13-14-15-16-17-18-19-20-34-27(6)35(32-23-28(8-2)21-29(9-3)24-32)38(37)36(34)33-25-30(10-4)22-31(11-5)26-33;2*1-3-5-7-9-11-13-15-17-19-21-22-20-18-16-14-12-10-8-6-4-2;2*1-3-5-4-2;;/h25-30H,7-24H2,1-6H3;19-26H,7-18H2,1-6H3;2*3,5-22H2,1H3;2*3-4H2,1-2H3;;/q;;;;2*-1;;+2. The predicted octanol–water partition coefficient (Wildman–Crippen LogP) is 40.9. The van der Waals surface area contributed by atoms with E-state index in [2.05, 4.69) is 239 Å². The van der Waals surface area contributed by atoms with Crippen LogP contribution in [0, 0.1) is 21.6 Å². The van der Waals surface area contributed by atoms with E-state index < -0.39 is 0 Å². The summed E-state index contributed by atoms with van der Waals surface area (Å²) in [5.41, 5.74) is 48.6. The van der Waals surface area contributed by atoms with Gasteiger partial charge in [-0.1, -0.05) is 319 Å². The van der Waals surface area contributed by atoms with Crippen molar-refractivity contribution in [1.82, 2.24) is 7.96 Å². The number of rotatable bonds is 77. The predicted molar refractivity (Wildman–Crippen MR) is 597 cm³/mol. The van der Waals surface area contributed by atoms with Crippen LogP contribution in [0.25, 0.3) is 33.9 Å². The SMILES string of the molecule is CCCCC1=C(c2cc(CCCC)cc(CCCC)c2)[N+](=[N-])C(c2cc(CCCC)cc(CCCC)c2)=C1CCCC.CCCCCCCCCC=CC1=C(c2cc(CC)cc(CC)c2)[N+](=[N-])C(c2cc(CC)cc(CC)c2)=C1C.CCCCCCCCCCCCCCCCCCCCC#[C][Ni][C]#CCCCCCCCCCCCCCCCCCCCC.CC[N](CC)[Ni][N](CC)CC. The van der Waals surface area contributed by atoms with Gasteiger partial charge >= 0.3 is 241 Å². The zero-order valence-electron chi connectivity index (χ0n) is 92.3. The zero-order chi connectivity index (χ0) is 98.9. The van der Waals surface area contributed by atoms with Crippen molar-refractivity contribution in [3.05, 3.63) is 185 Å². The Hall–Kier alpha value is -5.19. The molecule has 2 heterocycles. The Morgan fingerprint density at radius 2 is 0.485 bits per heavy atom. The van der Waals surface area contributed by atoms with E-state index in [1.165, 1.54) is 413 Å². The molecule has 6 nitrogen and oxygen atoms in total. The molecule has 0 saturated carbocycles. The summed E-state index contributed by atoms with van der Waals surface area (Å²) in [5.74, 6) is 6.64. The van der Waals surface area contributed by atoms with Crippen molar-refractivity contribution in [2.45, 2.75) is 561 Å². The third-order valence-electron chi connectivity index (χ3n) is 27.8. The number of allylic oxidation sites excluding steroid dienone is 6. The van der Waals surface area contributed by atoms with Crippen molar-refractivity contribution in [3.8, 4) is 21.6 Å². The summed E-state index contributed by atoms with van der Waals surface area (Å²) in [6.45, 7) is 44.9. The summed E-state index contributed by atoms with van der Waals surface area (Å²) in [5, 5.41) is 0. The molecule has 2 aliphatic heterocycles. The quantitative estimate of drug-likeness (QED) is 0.0191. The average molecular weight is 1950 g/mol. The van der Waals surface area contributed by atoms with Crippen molar-refractivity contribution in [2.75, 3.05) is 26.2 Å². The van der Waals surface area contributed by atoms with Crippen molar-refractivity contribution in [2.24, 2.45) is 0 Å². The second-order valence-corrected chi connectivity index (χ2v) is 42.0. The van der Waals surface area contributed by atoms with E-state index >= 15 is 0 Å². The van der Waals surface area contributed by atoms with Gasteiger partial charge in [-0.15, -0.1) is 0 Å². The molecular weight excluding hydrogens is 1740 g/mol. The van der Waals surface area contributed by atoms with E-state index in [-0.39, 0.29) is 0 Å². The van der Waals surface area contributed by atoms with Gasteiger partial charge in [-0.2, -0.15) is 0 Å². The first-order chi connectivity index (χ1) is 66.7. The third-order valence-corrected chi connectivity index (χ3v) is 30.2. The Morgan fingerprint density at radius 3 is 0.757 bits per heavy atom. The molecule has 0 spiro atoms. The molecule has 0 N–H and O–H groups in total. The van der Waals surface area contributed by atoms with Gasteiger partial charge in [0.2, 0.25) is 22.8 Å². The van der Waals surface area contributed by atoms with E-state index in [1.807, 2.05) is 0 Å². The van der Waals surface area contributed by atoms with Gasteiger partial charge in [-0.3, -0.25) is 0 Å². The first-order valence-corrected chi connectivity index (χ1v) is 60.3. The van der Waals surface area contributed by atoms with Crippen molar-refractivity contribution in [1.29, 1.82) is 0 Å². The summed E-state index contributed by atoms with van der Waals surface area (Å²) in [6.07, 6.45) is 93.3. The molecule has 136 heavy (non-hydrogen) atoms. The minimum absolute atomic E-state index is 0.915. The Kier molecular flexibility index (Phi) is 78.5. The second kappa shape index (κ2) is 85.4. The van der Waals surface area contributed by atoms with Crippen LogP contribution in [0.4, 0.5) is 0 Å². The van der Waals surface area contributed by atoms with E-state index in [4.69, 9.17) is 0 Å². The second-order valence-electron chi connectivity index (χ2n) is 39.8. The van der Waals surface area contributed by atoms with Crippen LogP contribution in [0.15, 0.2) is 107 Å². The Morgan fingerprint density at radius 1 is 0.257 bits per heavy atom. The van der Waals surface area contributed by atoms with Gasteiger partial charge in [-0.05, 0) is 216 Å². The molecule has 0 atom stereocenters. The fraction of sp³-hybridized carbons (Fsp3) is 0.703. The molecule has 0 bridgehead atoms. The molecule has 0 fully saturated rings. The van der Waals surface area contributed by atoms with Crippen LogP contribution in [-0.2, 0) is 80.7 Å². The molecule has 8 heteroatoms. The molecule has 774 valence electrons. The van der Waals surface area contributed by atoms with Crippen LogP contribution in [0.3, 0.4) is 0 Å². The summed E-state index contributed by atoms with van der Waals surface area (Å²) >= 11 is 3.00. The number of hydrogen-bond acceptors (Lipinski definition) is 2. The van der Waals surface area contributed by atoms with Crippen molar-refractivity contribution in [3.63, 3.8) is 0 Å². The molecule has 4 aromatic rings. The molecule has 2 aliphatic rings. The van der Waals surface area contributed by atoms with Crippen LogP contribution >= 0.6 is 0 Å². The van der Waals surface area contributed by atoms with Crippen LogP contribution in [0.1, 0.15) is 577 Å². The number of aryl methyl sites for hydroxylation is 8. The molecular formula is C128H212N6Ni2. The Labute approximate surface area is 857 Å². The molecule has 4 aromatic carbocycles. The van der Waals surface area contributed by atoms with Gasteiger partial charge in [0.15, 0.2) is 0 Å². The van der Waals surface area contributed by atoms with Crippen LogP contribution in [0.5, 0.6) is 0 Å². The topological polar surface area (TPSA) is 57.1 Å². The third kappa shape index (κ3) is 54.9. The van der Waals surface area contributed by atoms with E-state index in [0.717, 1.165) is 180 Å². The zero-order valence-corrected chi connectivity index (χ0v) is 94.3. The molecule has 0 aromatic heterocycles. The Bertz CT molecular complexity index is 3780. The maximum atomic E-state index is 12.3.